The number of anilines is 1. The van der Waals surface area contributed by atoms with Crippen molar-refractivity contribution in [2.45, 2.75) is 38.3 Å². The summed E-state index contributed by atoms with van der Waals surface area (Å²) in [4.78, 5) is 0. The normalized spacial score (nSPS) is 28.6. The van der Waals surface area contributed by atoms with Crippen molar-refractivity contribution in [3.05, 3.63) is 29.3 Å². The van der Waals surface area contributed by atoms with Gasteiger partial charge in [0.05, 0.1) is 12.1 Å². The molecule has 0 bridgehead atoms. The molecule has 0 amide bonds. The molecular formula is C15H21NO2. The van der Waals surface area contributed by atoms with Gasteiger partial charge in [-0.25, -0.2) is 0 Å². The largest absolute Gasteiger partial charge is 0.391 e. The standard InChI is InChI=1S/C15H21NO2/c1-10-2-3-13-12(8-10)9-14(17)15(16-13)11-4-6-18-7-5-11/h2-3,8,11,14-17H,4-7,9H2,1H3. The molecule has 3 rings (SSSR count). The van der Waals surface area contributed by atoms with Crippen molar-refractivity contribution in [1.29, 1.82) is 0 Å². The topological polar surface area (TPSA) is 41.5 Å². The minimum atomic E-state index is -0.276. The average molecular weight is 247 g/mol. The highest BCUT2D eigenvalue weighted by Crippen LogP contribution is 2.32. The Morgan fingerprint density at radius 1 is 1.28 bits per heavy atom. The molecule has 98 valence electrons. The second-order valence-electron chi connectivity index (χ2n) is 5.55. The number of hydrogen-bond donors (Lipinski definition) is 2. The summed E-state index contributed by atoms with van der Waals surface area (Å²) in [6.07, 6.45) is 2.60. The second-order valence-corrected chi connectivity index (χ2v) is 5.55. The van der Waals surface area contributed by atoms with Gasteiger partial charge in [-0.3, -0.25) is 0 Å². The minimum absolute atomic E-state index is 0.184. The van der Waals surface area contributed by atoms with Crippen LogP contribution in [0.3, 0.4) is 0 Å². The Morgan fingerprint density at radius 2 is 2.06 bits per heavy atom. The van der Waals surface area contributed by atoms with Crippen LogP contribution < -0.4 is 5.32 Å². The molecule has 0 spiro atoms. The van der Waals surface area contributed by atoms with Crippen LogP contribution in [0.5, 0.6) is 0 Å². The van der Waals surface area contributed by atoms with Crippen LogP contribution in [-0.4, -0.2) is 30.5 Å². The molecule has 2 unspecified atom stereocenters. The molecule has 3 nitrogen and oxygen atoms in total. The van der Waals surface area contributed by atoms with Gasteiger partial charge >= 0.3 is 0 Å². The molecule has 1 saturated heterocycles. The third-order valence-corrected chi connectivity index (χ3v) is 4.20. The van der Waals surface area contributed by atoms with Crippen molar-refractivity contribution >= 4 is 5.69 Å². The predicted octanol–water partition coefficient (Wildman–Crippen LogP) is 2.12. The molecule has 0 saturated carbocycles. The van der Waals surface area contributed by atoms with Crippen molar-refractivity contribution in [3.8, 4) is 0 Å². The van der Waals surface area contributed by atoms with Crippen LogP contribution in [0.4, 0.5) is 5.69 Å². The molecule has 3 heteroatoms. The minimum Gasteiger partial charge on any atom is -0.391 e. The van der Waals surface area contributed by atoms with E-state index in [1.54, 1.807) is 0 Å². The van der Waals surface area contributed by atoms with Gasteiger partial charge in [-0.2, -0.15) is 0 Å². The highest BCUT2D eigenvalue weighted by molar-refractivity contribution is 5.56. The van der Waals surface area contributed by atoms with Crippen molar-refractivity contribution in [1.82, 2.24) is 0 Å². The summed E-state index contributed by atoms with van der Waals surface area (Å²) < 4.78 is 5.40. The van der Waals surface area contributed by atoms with E-state index in [1.807, 2.05) is 0 Å². The van der Waals surface area contributed by atoms with Crippen LogP contribution in [-0.2, 0) is 11.2 Å². The van der Waals surface area contributed by atoms with Crippen LogP contribution in [0.1, 0.15) is 24.0 Å². The van der Waals surface area contributed by atoms with Gasteiger partial charge in [0.1, 0.15) is 0 Å². The van der Waals surface area contributed by atoms with Crippen LogP contribution in [0.2, 0.25) is 0 Å². The molecule has 2 atom stereocenters. The smallest absolute Gasteiger partial charge is 0.0784 e. The molecule has 18 heavy (non-hydrogen) atoms. The van der Waals surface area contributed by atoms with E-state index in [4.69, 9.17) is 4.74 Å². The van der Waals surface area contributed by atoms with Gasteiger partial charge in [-0.05, 0) is 37.3 Å². The Morgan fingerprint density at radius 3 is 2.83 bits per heavy atom. The number of nitrogens with one attached hydrogen (secondary N) is 1. The first-order chi connectivity index (χ1) is 8.74. The average Bonchev–Trinajstić information content (AvgIpc) is 2.39. The number of aliphatic hydroxyl groups excluding tert-OH is 1. The fourth-order valence-corrected chi connectivity index (χ4v) is 3.17. The SMILES string of the molecule is Cc1ccc2c(c1)CC(O)C(C1CCOCC1)N2. The van der Waals surface area contributed by atoms with Crippen LogP contribution in [0.25, 0.3) is 0 Å². The maximum Gasteiger partial charge on any atom is 0.0784 e. The number of aliphatic hydroxyl groups is 1. The van der Waals surface area contributed by atoms with Crippen LogP contribution in [0.15, 0.2) is 18.2 Å². The molecule has 2 aliphatic heterocycles. The van der Waals surface area contributed by atoms with E-state index in [0.717, 1.165) is 32.5 Å². The number of hydrogen-bond acceptors (Lipinski definition) is 3. The molecule has 2 aliphatic rings. The fraction of sp³-hybridized carbons (Fsp3) is 0.600. The Balaban J connectivity index is 1.80. The van der Waals surface area contributed by atoms with E-state index in [0.29, 0.717) is 5.92 Å². The first kappa shape index (κ1) is 12.0. The molecule has 0 radical (unpaired) electrons. The molecule has 2 heterocycles. The Kier molecular flexibility index (Phi) is 3.27. The van der Waals surface area contributed by atoms with E-state index < -0.39 is 0 Å². The molecule has 0 aliphatic carbocycles. The zero-order chi connectivity index (χ0) is 12.5. The summed E-state index contributed by atoms with van der Waals surface area (Å²) in [7, 11) is 0. The fourth-order valence-electron chi connectivity index (χ4n) is 3.17. The predicted molar refractivity (Wildman–Crippen MR) is 71.8 cm³/mol. The molecule has 1 aromatic carbocycles. The van der Waals surface area contributed by atoms with Gasteiger partial charge in [-0.1, -0.05) is 17.7 Å². The summed E-state index contributed by atoms with van der Waals surface area (Å²) in [6.45, 7) is 3.75. The van der Waals surface area contributed by atoms with E-state index in [9.17, 15) is 5.11 Å². The van der Waals surface area contributed by atoms with Crippen molar-refractivity contribution in [3.63, 3.8) is 0 Å². The number of aryl methyl sites for hydroxylation is 1. The number of ether oxygens (including phenoxy) is 1. The molecule has 2 N–H and O–H groups in total. The van der Waals surface area contributed by atoms with Gasteiger partial charge in [-0.15, -0.1) is 0 Å². The van der Waals surface area contributed by atoms with E-state index in [1.165, 1.54) is 16.8 Å². The lowest BCUT2D eigenvalue weighted by molar-refractivity contribution is 0.0348. The van der Waals surface area contributed by atoms with E-state index in [-0.39, 0.29) is 12.1 Å². The Labute approximate surface area is 108 Å². The van der Waals surface area contributed by atoms with Crippen molar-refractivity contribution in [2.75, 3.05) is 18.5 Å². The molecule has 1 aromatic rings. The quantitative estimate of drug-likeness (QED) is 0.798. The van der Waals surface area contributed by atoms with Crippen molar-refractivity contribution in [2.24, 2.45) is 5.92 Å². The lowest BCUT2D eigenvalue weighted by atomic mass is 9.83. The molecule has 0 aromatic heterocycles. The highest BCUT2D eigenvalue weighted by Gasteiger charge is 2.33. The lowest BCUT2D eigenvalue weighted by Crippen LogP contribution is -2.46. The summed E-state index contributed by atoms with van der Waals surface area (Å²) in [6, 6.07) is 6.63. The zero-order valence-corrected chi connectivity index (χ0v) is 10.9. The maximum absolute atomic E-state index is 10.4. The van der Waals surface area contributed by atoms with Gasteiger partial charge < -0.3 is 15.2 Å². The van der Waals surface area contributed by atoms with Crippen LogP contribution >= 0.6 is 0 Å². The van der Waals surface area contributed by atoms with E-state index in [2.05, 4.69) is 30.4 Å². The summed E-state index contributed by atoms with van der Waals surface area (Å²) >= 11 is 0. The number of rotatable bonds is 1. The lowest BCUT2D eigenvalue weighted by Gasteiger charge is -2.38. The van der Waals surface area contributed by atoms with Gasteiger partial charge in [0.2, 0.25) is 0 Å². The summed E-state index contributed by atoms with van der Waals surface area (Å²) in [5.41, 5.74) is 3.69. The zero-order valence-electron chi connectivity index (χ0n) is 10.9. The van der Waals surface area contributed by atoms with E-state index >= 15 is 0 Å². The highest BCUT2D eigenvalue weighted by atomic mass is 16.5. The monoisotopic (exact) mass is 247 g/mol. The summed E-state index contributed by atoms with van der Waals surface area (Å²) in [5, 5.41) is 13.9. The van der Waals surface area contributed by atoms with Crippen LogP contribution in [0, 0.1) is 12.8 Å². The Hall–Kier alpha value is -1.06. The molecular weight excluding hydrogens is 226 g/mol. The van der Waals surface area contributed by atoms with Gasteiger partial charge in [0, 0.05) is 25.3 Å². The molecule has 1 fully saturated rings. The number of benzene rings is 1. The Bertz CT molecular complexity index is 427. The van der Waals surface area contributed by atoms with Gasteiger partial charge in [0.15, 0.2) is 0 Å². The first-order valence-electron chi connectivity index (χ1n) is 6.86. The van der Waals surface area contributed by atoms with Gasteiger partial charge in [0.25, 0.3) is 0 Å². The first-order valence-corrected chi connectivity index (χ1v) is 6.86. The maximum atomic E-state index is 10.4. The third-order valence-electron chi connectivity index (χ3n) is 4.20. The summed E-state index contributed by atoms with van der Waals surface area (Å²) in [5.74, 6) is 0.531. The van der Waals surface area contributed by atoms with Crippen molar-refractivity contribution < 1.29 is 9.84 Å². The third kappa shape index (κ3) is 2.25. The second kappa shape index (κ2) is 4.90. The number of fused-ring (bicyclic) bond motifs is 1.